The minimum Gasteiger partial charge on any atom is -0.497 e. The second kappa shape index (κ2) is 11.0. The van der Waals surface area contributed by atoms with Crippen molar-refractivity contribution >= 4 is 5.96 Å². The quantitative estimate of drug-likeness (QED) is 0.418. The SMILES string of the molecule is CN=C(NCCCOc1ccc(OC)cc1)NCCc1ccccc1. The van der Waals surface area contributed by atoms with Crippen molar-refractivity contribution in [2.24, 2.45) is 4.99 Å². The van der Waals surface area contributed by atoms with Gasteiger partial charge in [-0.1, -0.05) is 30.3 Å². The van der Waals surface area contributed by atoms with Crippen LogP contribution < -0.4 is 20.1 Å². The van der Waals surface area contributed by atoms with Crippen molar-refractivity contribution in [3.63, 3.8) is 0 Å². The van der Waals surface area contributed by atoms with Gasteiger partial charge in [0, 0.05) is 20.1 Å². The molecule has 0 bridgehead atoms. The van der Waals surface area contributed by atoms with Crippen LogP contribution in [-0.2, 0) is 6.42 Å². The van der Waals surface area contributed by atoms with E-state index in [9.17, 15) is 0 Å². The summed E-state index contributed by atoms with van der Waals surface area (Å²) >= 11 is 0. The Kier molecular flexibility index (Phi) is 8.18. The van der Waals surface area contributed by atoms with Gasteiger partial charge in [0.15, 0.2) is 5.96 Å². The molecule has 5 nitrogen and oxygen atoms in total. The molecule has 134 valence electrons. The summed E-state index contributed by atoms with van der Waals surface area (Å²) < 4.78 is 10.8. The van der Waals surface area contributed by atoms with E-state index in [0.29, 0.717) is 6.61 Å². The van der Waals surface area contributed by atoms with Crippen molar-refractivity contribution in [1.29, 1.82) is 0 Å². The van der Waals surface area contributed by atoms with E-state index in [0.717, 1.165) is 43.4 Å². The zero-order chi connectivity index (χ0) is 17.7. The maximum atomic E-state index is 5.70. The Morgan fingerprint density at radius 1 is 0.920 bits per heavy atom. The zero-order valence-electron chi connectivity index (χ0n) is 15.0. The van der Waals surface area contributed by atoms with Crippen LogP contribution in [0.3, 0.4) is 0 Å². The number of hydrogen-bond donors (Lipinski definition) is 2. The second-order valence-electron chi connectivity index (χ2n) is 5.54. The van der Waals surface area contributed by atoms with Gasteiger partial charge in [0.1, 0.15) is 11.5 Å². The van der Waals surface area contributed by atoms with Crippen LogP contribution in [0, 0.1) is 0 Å². The van der Waals surface area contributed by atoms with Crippen molar-refractivity contribution in [1.82, 2.24) is 10.6 Å². The van der Waals surface area contributed by atoms with Crippen LogP contribution in [-0.4, -0.2) is 39.8 Å². The molecule has 0 unspecified atom stereocenters. The van der Waals surface area contributed by atoms with E-state index >= 15 is 0 Å². The van der Waals surface area contributed by atoms with E-state index in [1.54, 1.807) is 14.2 Å². The Bertz CT molecular complexity index is 627. The summed E-state index contributed by atoms with van der Waals surface area (Å²) in [6, 6.07) is 18.0. The molecule has 0 heterocycles. The first-order chi connectivity index (χ1) is 12.3. The van der Waals surface area contributed by atoms with Gasteiger partial charge in [-0.15, -0.1) is 0 Å². The van der Waals surface area contributed by atoms with Crippen LogP contribution in [0.2, 0.25) is 0 Å². The van der Waals surface area contributed by atoms with Gasteiger partial charge in [-0.05, 0) is 42.7 Å². The number of nitrogens with zero attached hydrogens (tertiary/aromatic N) is 1. The van der Waals surface area contributed by atoms with Crippen molar-refractivity contribution in [3.05, 3.63) is 60.2 Å². The van der Waals surface area contributed by atoms with E-state index in [2.05, 4.69) is 39.9 Å². The highest BCUT2D eigenvalue weighted by Gasteiger charge is 1.99. The molecule has 2 N–H and O–H groups in total. The molecule has 0 aliphatic rings. The Balaban J connectivity index is 1.57. The third-order valence-corrected chi connectivity index (χ3v) is 3.71. The normalized spacial score (nSPS) is 11.0. The minimum atomic E-state index is 0.653. The van der Waals surface area contributed by atoms with Gasteiger partial charge in [-0.2, -0.15) is 0 Å². The highest BCUT2D eigenvalue weighted by Crippen LogP contribution is 2.16. The fraction of sp³-hybridized carbons (Fsp3) is 0.350. The summed E-state index contributed by atoms with van der Waals surface area (Å²) in [5.41, 5.74) is 1.32. The third-order valence-electron chi connectivity index (χ3n) is 3.71. The predicted molar refractivity (Wildman–Crippen MR) is 103 cm³/mol. The minimum absolute atomic E-state index is 0.653. The third kappa shape index (κ3) is 7.16. The topological polar surface area (TPSA) is 54.9 Å². The van der Waals surface area contributed by atoms with Crippen LogP contribution in [0.15, 0.2) is 59.6 Å². The van der Waals surface area contributed by atoms with Gasteiger partial charge < -0.3 is 20.1 Å². The molecule has 0 spiro atoms. The number of methoxy groups -OCH3 is 1. The maximum absolute atomic E-state index is 5.70. The molecule has 0 fully saturated rings. The highest BCUT2D eigenvalue weighted by molar-refractivity contribution is 5.79. The molecule has 0 saturated heterocycles. The van der Waals surface area contributed by atoms with Crippen LogP contribution in [0.4, 0.5) is 0 Å². The lowest BCUT2D eigenvalue weighted by Crippen LogP contribution is -2.39. The van der Waals surface area contributed by atoms with Crippen molar-refractivity contribution in [2.45, 2.75) is 12.8 Å². The fourth-order valence-electron chi connectivity index (χ4n) is 2.33. The molecule has 2 aromatic rings. The van der Waals surface area contributed by atoms with Gasteiger partial charge in [0.05, 0.1) is 13.7 Å². The lowest BCUT2D eigenvalue weighted by Gasteiger charge is -2.12. The van der Waals surface area contributed by atoms with Crippen molar-refractivity contribution < 1.29 is 9.47 Å². The molecule has 0 aliphatic heterocycles. The van der Waals surface area contributed by atoms with Gasteiger partial charge in [0.2, 0.25) is 0 Å². The molecule has 0 atom stereocenters. The number of benzene rings is 2. The maximum Gasteiger partial charge on any atom is 0.190 e. The highest BCUT2D eigenvalue weighted by atomic mass is 16.5. The molecule has 2 rings (SSSR count). The molecule has 2 aromatic carbocycles. The molecule has 5 heteroatoms. The summed E-state index contributed by atoms with van der Waals surface area (Å²) in [4.78, 5) is 4.23. The molecular weight excluding hydrogens is 314 g/mol. The van der Waals surface area contributed by atoms with E-state index in [1.165, 1.54) is 5.56 Å². The molecule has 0 aliphatic carbocycles. The smallest absolute Gasteiger partial charge is 0.190 e. The van der Waals surface area contributed by atoms with Crippen LogP contribution >= 0.6 is 0 Å². The van der Waals surface area contributed by atoms with Crippen LogP contribution in [0.5, 0.6) is 11.5 Å². The predicted octanol–water partition coefficient (Wildman–Crippen LogP) is 2.87. The Morgan fingerprint density at radius 2 is 1.60 bits per heavy atom. The van der Waals surface area contributed by atoms with E-state index < -0.39 is 0 Å². The van der Waals surface area contributed by atoms with Gasteiger partial charge in [-0.3, -0.25) is 4.99 Å². The van der Waals surface area contributed by atoms with Crippen LogP contribution in [0.25, 0.3) is 0 Å². The Morgan fingerprint density at radius 3 is 2.28 bits per heavy atom. The van der Waals surface area contributed by atoms with Gasteiger partial charge in [0.25, 0.3) is 0 Å². The lowest BCUT2D eigenvalue weighted by atomic mass is 10.1. The van der Waals surface area contributed by atoms with E-state index in [-0.39, 0.29) is 0 Å². The average molecular weight is 341 g/mol. The number of aliphatic imine (C=N–C) groups is 1. The molecule has 0 radical (unpaired) electrons. The molecule has 0 amide bonds. The summed E-state index contributed by atoms with van der Waals surface area (Å²) in [7, 11) is 3.44. The molecular formula is C20H27N3O2. The number of rotatable bonds is 9. The summed E-state index contributed by atoms with van der Waals surface area (Å²) in [6.45, 7) is 2.31. The lowest BCUT2D eigenvalue weighted by molar-refractivity contribution is 0.310. The van der Waals surface area contributed by atoms with Crippen molar-refractivity contribution in [2.75, 3.05) is 33.9 Å². The molecule has 25 heavy (non-hydrogen) atoms. The van der Waals surface area contributed by atoms with Crippen LogP contribution in [0.1, 0.15) is 12.0 Å². The Hall–Kier alpha value is -2.69. The van der Waals surface area contributed by atoms with Crippen molar-refractivity contribution in [3.8, 4) is 11.5 Å². The first-order valence-corrected chi connectivity index (χ1v) is 8.57. The van der Waals surface area contributed by atoms with Gasteiger partial charge >= 0.3 is 0 Å². The first kappa shape index (κ1) is 18.6. The molecule has 0 saturated carbocycles. The average Bonchev–Trinajstić information content (AvgIpc) is 2.67. The monoisotopic (exact) mass is 341 g/mol. The summed E-state index contributed by atoms with van der Waals surface area (Å²) in [5, 5.41) is 6.62. The summed E-state index contributed by atoms with van der Waals surface area (Å²) in [6.07, 6.45) is 1.87. The standard InChI is InChI=1S/C20H27N3O2/c1-21-20(23-15-13-17-7-4-3-5-8-17)22-14-6-16-25-19-11-9-18(24-2)10-12-19/h3-5,7-12H,6,13-16H2,1-2H3,(H2,21,22,23). The first-order valence-electron chi connectivity index (χ1n) is 8.57. The zero-order valence-corrected chi connectivity index (χ0v) is 15.0. The number of hydrogen-bond acceptors (Lipinski definition) is 3. The second-order valence-corrected chi connectivity index (χ2v) is 5.54. The fourth-order valence-corrected chi connectivity index (χ4v) is 2.33. The number of nitrogens with one attached hydrogen (secondary N) is 2. The largest absolute Gasteiger partial charge is 0.497 e. The number of ether oxygens (including phenoxy) is 2. The van der Waals surface area contributed by atoms with E-state index in [4.69, 9.17) is 9.47 Å². The Labute approximate surface area is 150 Å². The number of guanidine groups is 1. The van der Waals surface area contributed by atoms with Gasteiger partial charge in [-0.25, -0.2) is 0 Å². The summed E-state index contributed by atoms with van der Waals surface area (Å²) in [5.74, 6) is 2.51. The van der Waals surface area contributed by atoms with E-state index in [1.807, 2.05) is 30.3 Å². The molecule has 0 aromatic heterocycles.